The number of anilines is 1. The van der Waals surface area contributed by atoms with Crippen LogP contribution in [0.1, 0.15) is 13.3 Å². The minimum Gasteiger partial charge on any atom is -0.316 e. The van der Waals surface area contributed by atoms with E-state index >= 15 is 0 Å². The molecule has 0 aliphatic heterocycles. The second-order valence-electron chi connectivity index (χ2n) is 2.78. The summed E-state index contributed by atoms with van der Waals surface area (Å²) < 4.78 is 0. The van der Waals surface area contributed by atoms with E-state index in [9.17, 15) is 4.79 Å². The van der Waals surface area contributed by atoms with Crippen LogP contribution >= 0.6 is 11.6 Å². The molecule has 0 N–H and O–H groups in total. The van der Waals surface area contributed by atoms with Crippen LogP contribution < -0.4 is 4.90 Å². The molecular weight excluding hydrogens is 186 g/mol. The summed E-state index contributed by atoms with van der Waals surface area (Å²) in [5.41, 5.74) is 0.872. The van der Waals surface area contributed by atoms with Crippen molar-refractivity contribution in [1.29, 1.82) is 0 Å². The average Bonchev–Trinajstić information content (AvgIpc) is 2.17. The third-order valence-corrected chi connectivity index (χ3v) is 2.14. The first-order chi connectivity index (χ1) is 6.15. The van der Waals surface area contributed by atoms with Crippen molar-refractivity contribution in [2.45, 2.75) is 13.3 Å². The number of hydrogen-bond donors (Lipinski definition) is 0. The third-order valence-electron chi connectivity index (χ3n) is 1.89. The van der Waals surface area contributed by atoms with Crippen molar-refractivity contribution in [2.75, 3.05) is 11.9 Å². The molecule has 13 heavy (non-hydrogen) atoms. The van der Waals surface area contributed by atoms with E-state index in [-0.39, 0.29) is 5.91 Å². The fourth-order valence-corrected chi connectivity index (χ4v) is 1.17. The predicted octanol–water partition coefficient (Wildman–Crippen LogP) is 2.71. The second-order valence-corrected chi connectivity index (χ2v) is 3.22. The fraction of sp³-hybridized carbons (Fsp3) is 0.300. The summed E-state index contributed by atoms with van der Waals surface area (Å²) in [6.45, 7) is 1.84. The Morgan fingerprint density at radius 1 is 1.38 bits per heavy atom. The van der Waals surface area contributed by atoms with Crippen LogP contribution in [0.2, 0.25) is 5.02 Å². The lowest BCUT2D eigenvalue weighted by Crippen LogP contribution is -2.24. The maximum Gasteiger partial charge on any atom is 0.226 e. The monoisotopic (exact) mass is 197 g/mol. The first kappa shape index (κ1) is 10.1. The molecule has 3 heteroatoms. The molecule has 1 rings (SSSR count). The van der Waals surface area contributed by atoms with Crippen molar-refractivity contribution in [2.24, 2.45) is 0 Å². The molecule has 0 saturated heterocycles. The summed E-state index contributed by atoms with van der Waals surface area (Å²) >= 11 is 5.73. The highest BCUT2D eigenvalue weighted by molar-refractivity contribution is 6.30. The zero-order valence-electron chi connectivity index (χ0n) is 7.75. The van der Waals surface area contributed by atoms with Gasteiger partial charge in [0.15, 0.2) is 0 Å². The number of benzene rings is 1. The number of carbonyl (C=O) groups excluding carboxylic acids is 1. The predicted molar refractivity (Wildman–Crippen MR) is 55.2 cm³/mol. The van der Waals surface area contributed by atoms with Crippen molar-refractivity contribution in [3.8, 4) is 0 Å². The Balaban J connectivity index is 2.83. The molecule has 0 aliphatic rings. The zero-order valence-corrected chi connectivity index (χ0v) is 8.51. The first-order valence-corrected chi connectivity index (χ1v) is 4.55. The Hall–Kier alpha value is -1.02. The SMILES string of the molecule is CCC(=O)N(C)c1ccc(Cl)cc1. The van der Waals surface area contributed by atoms with Crippen LogP contribution in [0.15, 0.2) is 24.3 Å². The van der Waals surface area contributed by atoms with Crippen LogP contribution in [0.25, 0.3) is 0 Å². The van der Waals surface area contributed by atoms with E-state index in [2.05, 4.69) is 0 Å². The normalized spacial score (nSPS) is 9.77. The average molecular weight is 198 g/mol. The molecule has 0 bridgehead atoms. The van der Waals surface area contributed by atoms with Gasteiger partial charge in [-0.15, -0.1) is 0 Å². The van der Waals surface area contributed by atoms with E-state index in [4.69, 9.17) is 11.6 Å². The van der Waals surface area contributed by atoms with Crippen molar-refractivity contribution < 1.29 is 4.79 Å². The number of amides is 1. The van der Waals surface area contributed by atoms with Crippen molar-refractivity contribution in [3.05, 3.63) is 29.3 Å². The molecule has 0 aromatic heterocycles. The number of nitrogens with zero attached hydrogens (tertiary/aromatic N) is 1. The second kappa shape index (κ2) is 4.28. The number of halogens is 1. The maximum atomic E-state index is 11.3. The van der Waals surface area contributed by atoms with Crippen LogP contribution in [0.4, 0.5) is 5.69 Å². The lowest BCUT2D eigenvalue weighted by molar-refractivity contribution is -0.118. The summed E-state index contributed by atoms with van der Waals surface area (Å²) in [6, 6.07) is 7.21. The highest BCUT2D eigenvalue weighted by atomic mass is 35.5. The van der Waals surface area contributed by atoms with Gasteiger partial charge in [-0.05, 0) is 24.3 Å². The Kier molecular flexibility index (Phi) is 3.32. The van der Waals surface area contributed by atoms with Gasteiger partial charge in [-0.3, -0.25) is 4.79 Å². The third kappa shape index (κ3) is 2.46. The molecule has 0 spiro atoms. The Morgan fingerprint density at radius 3 is 2.38 bits per heavy atom. The van der Waals surface area contributed by atoms with E-state index in [0.29, 0.717) is 11.4 Å². The minimum atomic E-state index is 0.0994. The highest BCUT2D eigenvalue weighted by Crippen LogP contribution is 2.17. The first-order valence-electron chi connectivity index (χ1n) is 4.17. The quantitative estimate of drug-likeness (QED) is 0.714. The Bertz CT molecular complexity index is 294. The van der Waals surface area contributed by atoms with Crippen LogP contribution in [0, 0.1) is 0 Å². The van der Waals surface area contributed by atoms with E-state index in [1.54, 1.807) is 24.1 Å². The lowest BCUT2D eigenvalue weighted by atomic mass is 10.3. The molecule has 0 fully saturated rings. The Labute approximate surface area is 83.1 Å². The molecule has 0 radical (unpaired) electrons. The molecule has 70 valence electrons. The van der Waals surface area contributed by atoms with E-state index in [1.807, 2.05) is 19.1 Å². The molecule has 0 heterocycles. The molecule has 0 aliphatic carbocycles. The minimum absolute atomic E-state index is 0.0994. The highest BCUT2D eigenvalue weighted by Gasteiger charge is 2.07. The molecule has 0 unspecified atom stereocenters. The van der Waals surface area contributed by atoms with E-state index in [0.717, 1.165) is 5.69 Å². The lowest BCUT2D eigenvalue weighted by Gasteiger charge is -2.16. The van der Waals surface area contributed by atoms with Crippen molar-refractivity contribution >= 4 is 23.2 Å². The van der Waals surface area contributed by atoms with Crippen LogP contribution in [-0.4, -0.2) is 13.0 Å². The van der Waals surface area contributed by atoms with Gasteiger partial charge < -0.3 is 4.90 Å². The number of hydrogen-bond acceptors (Lipinski definition) is 1. The largest absolute Gasteiger partial charge is 0.316 e. The van der Waals surface area contributed by atoms with Crippen molar-refractivity contribution in [1.82, 2.24) is 0 Å². The van der Waals surface area contributed by atoms with Crippen LogP contribution in [0.5, 0.6) is 0 Å². The molecule has 0 saturated carbocycles. The maximum absolute atomic E-state index is 11.3. The number of carbonyl (C=O) groups is 1. The van der Waals surface area contributed by atoms with Gasteiger partial charge in [-0.2, -0.15) is 0 Å². The van der Waals surface area contributed by atoms with Gasteiger partial charge in [0.25, 0.3) is 0 Å². The summed E-state index contributed by atoms with van der Waals surface area (Å²) in [5, 5.41) is 0.682. The molecule has 1 aromatic rings. The van der Waals surface area contributed by atoms with Gasteiger partial charge in [0.2, 0.25) is 5.91 Å². The van der Waals surface area contributed by atoms with Crippen LogP contribution in [0.3, 0.4) is 0 Å². The number of rotatable bonds is 2. The standard InChI is InChI=1S/C10H12ClNO/c1-3-10(13)12(2)9-6-4-8(11)5-7-9/h4-7H,3H2,1-2H3. The molecular formula is C10H12ClNO. The van der Waals surface area contributed by atoms with E-state index in [1.165, 1.54) is 0 Å². The fourth-order valence-electron chi connectivity index (χ4n) is 1.05. The van der Waals surface area contributed by atoms with Gasteiger partial charge in [0, 0.05) is 24.2 Å². The molecule has 0 atom stereocenters. The van der Waals surface area contributed by atoms with Gasteiger partial charge in [0.05, 0.1) is 0 Å². The summed E-state index contributed by atoms with van der Waals surface area (Å²) in [5.74, 6) is 0.0994. The van der Waals surface area contributed by atoms with Crippen LogP contribution in [-0.2, 0) is 4.79 Å². The topological polar surface area (TPSA) is 20.3 Å². The van der Waals surface area contributed by atoms with Gasteiger partial charge in [-0.25, -0.2) is 0 Å². The molecule has 2 nitrogen and oxygen atoms in total. The summed E-state index contributed by atoms with van der Waals surface area (Å²) in [7, 11) is 1.76. The van der Waals surface area contributed by atoms with E-state index < -0.39 is 0 Å². The smallest absolute Gasteiger partial charge is 0.226 e. The summed E-state index contributed by atoms with van der Waals surface area (Å²) in [4.78, 5) is 12.9. The zero-order chi connectivity index (χ0) is 9.84. The molecule has 1 aromatic carbocycles. The Morgan fingerprint density at radius 2 is 1.92 bits per heavy atom. The summed E-state index contributed by atoms with van der Waals surface area (Å²) in [6.07, 6.45) is 0.513. The van der Waals surface area contributed by atoms with Crippen molar-refractivity contribution in [3.63, 3.8) is 0 Å². The van der Waals surface area contributed by atoms with Gasteiger partial charge in [-0.1, -0.05) is 18.5 Å². The van der Waals surface area contributed by atoms with Gasteiger partial charge in [0.1, 0.15) is 0 Å². The van der Waals surface area contributed by atoms with Gasteiger partial charge >= 0.3 is 0 Å². The molecule has 1 amide bonds.